The number of benzene rings is 2. The number of phenols is 1. The molecule has 0 fully saturated rings. The predicted molar refractivity (Wildman–Crippen MR) is 88.5 cm³/mol. The highest BCUT2D eigenvalue weighted by atomic mass is 16.5. The van der Waals surface area contributed by atoms with E-state index < -0.39 is 0 Å². The molecule has 2 aromatic carbocycles. The second-order valence-electron chi connectivity index (χ2n) is 5.86. The lowest BCUT2D eigenvalue weighted by atomic mass is 10.0. The first-order chi connectivity index (χ1) is 10.8. The van der Waals surface area contributed by atoms with E-state index >= 15 is 0 Å². The van der Waals surface area contributed by atoms with Gasteiger partial charge in [0, 0.05) is 12.6 Å². The Morgan fingerprint density at radius 3 is 2.86 bits per heavy atom. The second-order valence-corrected chi connectivity index (χ2v) is 5.86. The largest absolute Gasteiger partial charge is 0.508 e. The van der Waals surface area contributed by atoms with Crippen molar-refractivity contribution in [2.75, 3.05) is 13.1 Å². The van der Waals surface area contributed by atoms with Crippen molar-refractivity contribution in [3.8, 4) is 11.5 Å². The fraction of sp³-hybridized carbons (Fsp3) is 0.368. The molecule has 0 spiro atoms. The fourth-order valence-electron chi connectivity index (χ4n) is 2.88. The van der Waals surface area contributed by atoms with Crippen LogP contribution >= 0.6 is 0 Å². The van der Waals surface area contributed by atoms with Crippen LogP contribution < -0.4 is 10.1 Å². The molecule has 1 atom stereocenters. The lowest BCUT2D eigenvalue weighted by molar-refractivity contribution is 0.170. The summed E-state index contributed by atoms with van der Waals surface area (Å²) in [5.41, 5.74) is 2.58. The molecule has 22 heavy (non-hydrogen) atoms. The summed E-state index contributed by atoms with van der Waals surface area (Å²) in [6, 6.07) is 16.0. The average molecular weight is 297 g/mol. The van der Waals surface area contributed by atoms with Crippen LogP contribution in [0.15, 0.2) is 48.5 Å². The van der Waals surface area contributed by atoms with Crippen LogP contribution in [0.1, 0.15) is 24.0 Å². The Morgan fingerprint density at radius 2 is 2.00 bits per heavy atom. The Morgan fingerprint density at radius 1 is 1.14 bits per heavy atom. The van der Waals surface area contributed by atoms with Gasteiger partial charge in [-0.15, -0.1) is 0 Å². The molecule has 1 heterocycles. The Labute approximate surface area is 131 Å². The molecule has 0 aliphatic carbocycles. The topological polar surface area (TPSA) is 41.5 Å². The zero-order valence-electron chi connectivity index (χ0n) is 12.8. The van der Waals surface area contributed by atoms with Crippen LogP contribution in [0.4, 0.5) is 0 Å². The van der Waals surface area contributed by atoms with Gasteiger partial charge in [0.15, 0.2) is 0 Å². The third-order valence-electron chi connectivity index (χ3n) is 4.11. The first kappa shape index (κ1) is 14.9. The maximum Gasteiger partial charge on any atom is 0.126 e. The first-order valence-corrected chi connectivity index (χ1v) is 8.04. The molecule has 1 aliphatic rings. The monoisotopic (exact) mass is 297 g/mol. The quantitative estimate of drug-likeness (QED) is 0.804. The standard InChI is InChI=1S/C19H23NO2/c21-17-10-8-16-9-11-18(22-19(16)13-17)14-20-12-4-7-15-5-2-1-3-6-15/h1-3,5-6,8,10,13,18,20-21H,4,7,9,11-12,14H2/t18-/m1/s1. The van der Waals surface area contributed by atoms with Crippen molar-refractivity contribution < 1.29 is 9.84 Å². The van der Waals surface area contributed by atoms with Crippen molar-refractivity contribution in [2.45, 2.75) is 31.8 Å². The summed E-state index contributed by atoms with van der Waals surface area (Å²) < 4.78 is 5.96. The summed E-state index contributed by atoms with van der Waals surface area (Å²) >= 11 is 0. The van der Waals surface area contributed by atoms with Gasteiger partial charge in [0.05, 0.1) is 0 Å². The molecule has 1 aliphatic heterocycles. The predicted octanol–water partition coefficient (Wildman–Crippen LogP) is 3.31. The van der Waals surface area contributed by atoms with Gasteiger partial charge in [0.1, 0.15) is 17.6 Å². The zero-order chi connectivity index (χ0) is 15.2. The van der Waals surface area contributed by atoms with Crippen LogP contribution in [0.5, 0.6) is 11.5 Å². The van der Waals surface area contributed by atoms with E-state index in [4.69, 9.17) is 4.74 Å². The molecule has 0 aromatic heterocycles. The van der Waals surface area contributed by atoms with Gasteiger partial charge in [-0.25, -0.2) is 0 Å². The van der Waals surface area contributed by atoms with Crippen LogP contribution in [-0.4, -0.2) is 24.3 Å². The smallest absolute Gasteiger partial charge is 0.126 e. The van der Waals surface area contributed by atoms with E-state index in [0.717, 1.165) is 44.5 Å². The molecule has 0 amide bonds. The van der Waals surface area contributed by atoms with E-state index in [1.807, 2.05) is 6.07 Å². The maximum absolute atomic E-state index is 9.53. The van der Waals surface area contributed by atoms with E-state index in [0.29, 0.717) is 0 Å². The van der Waals surface area contributed by atoms with Crippen molar-refractivity contribution >= 4 is 0 Å². The Balaban J connectivity index is 1.38. The lowest BCUT2D eigenvalue weighted by Gasteiger charge is -2.26. The van der Waals surface area contributed by atoms with Crippen molar-refractivity contribution in [1.82, 2.24) is 5.32 Å². The maximum atomic E-state index is 9.53. The van der Waals surface area contributed by atoms with Gasteiger partial charge in [-0.1, -0.05) is 36.4 Å². The van der Waals surface area contributed by atoms with Crippen molar-refractivity contribution in [3.05, 3.63) is 59.7 Å². The van der Waals surface area contributed by atoms with Gasteiger partial charge in [-0.3, -0.25) is 0 Å². The summed E-state index contributed by atoms with van der Waals surface area (Å²) in [5.74, 6) is 1.11. The van der Waals surface area contributed by atoms with Gasteiger partial charge in [0.2, 0.25) is 0 Å². The van der Waals surface area contributed by atoms with Gasteiger partial charge < -0.3 is 15.2 Å². The van der Waals surface area contributed by atoms with Gasteiger partial charge >= 0.3 is 0 Å². The summed E-state index contributed by atoms with van der Waals surface area (Å²) in [6.07, 6.45) is 4.49. The molecule has 3 rings (SSSR count). The number of aromatic hydroxyl groups is 1. The average Bonchev–Trinajstić information content (AvgIpc) is 2.55. The summed E-state index contributed by atoms with van der Waals surface area (Å²) in [6.45, 7) is 1.87. The highest BCUT2D eigenvalue weighted by Gasteiger charge is 2.19. The van der Waals surface area contributed by atoms with Crippen LogP contribution in [0, 0.1) is 0 Å². The number of phenolic OH excluding ortho intramolecular Hbond substituents is 1. The minimum absolute atomic E-state index is 0.200. The molecule has 0 unspecified atom stereocenters. The zero-order valence-corrected chi connectivity index (χ0v) is 12.8. The van der Waals surface area contributed by atoms with E-state index in [9.17, 15) is 5.11 Å². The number of fused-ring (bicyclic) bond motifs is 1. The summed E-state index contributed by atoms with van der Waals surface area (Å²) in [7, 11) is 0. The first-order valence-electron chi connectivity index (χ1n) is 8.04. The van der Waals surface area contributed by atoms with E-state index in [-0.39, 0.29) is 11.9 Å². The normalized spacial score (nSPS) is 16.8. The molecular formula is C19H23NO2. The van der Waals surface area contributed by atoms with Gasteiger partial charge in [-0.2, -0.15) is 0 Å². The summed E-state index contributed by atoms with van der Waals surface area (Å²) in [5, 5.41) is 13.0. The number of nitrogens with one attached hydrogen (secondary N) is 1. The minimum atomic E-state index is 0.200. The summed E-state index contributed by atoms with van der Waals surface area (Å²) in [4.78, 5) is 0. The number of hydrogen-bond acceptors (Lipinski definition) is 3. The highest BCUT2D eigenvalue weighted by molar-refractivity contribution is 5.41. The van der Waals surface area contributed by atoms with Gasteiger partial charge in [-0.05, 0) is 49.4 Å². The van der Waals surface area contributed by atoms with Crippen molar-refractivity contribution in [1.29, 1.82) is 0 Å². The molecule has 3 nitrogen and oxygen atoms in total. The molecule has 0 bridgehead atoms. The van der Waals surface area contributed by atoms with Crippen molar-refractivity contribution in [2.24, 2.45) is 0 Å². The van der Waals surface area contributed by atoms with Crippen LogP contribution in [0.2, 0.25) is 0 Å². The van der Waals surface area contributed by atoms with E-state index in [1.54, 1.807) is 12.1 Å². The van der Waals surface area contributed by atoms with E-state index in [2.05, 4.69) is 35.6 Å². The molecule has 0 saturated heterocycles. The number of aryl methyl sites for hydroxylation is 2. The molecule has 2 aromatic rings. The molecule has 116 valence electrons. The van der Waals surface area contributed by atoms with Crippen LogP contribution in [-0.2, 0) is 12.8 Å². The number of rotatable bonds is 6. The van der Waals surface area contributed by atoms with Crippen molar-refractivity contribution in [3.63, 3.8) is 0 Å². The molecule has 0 radical (unpaired) electrons. The molecule has 2 N–H and O–H groups in total. The van der Waals surface area contributed by atoms with Crippen LogP contribution in [0.25, 0.3) is 0 Å². The fourth-order valence-corrected chi connectivity index (χ4v) is 2.88. The molecule has 0 saturated carbocycles. The Kier molecular flexibility index (Phi) is 4.96. The number of ether oxygens (including phenoxy) is 1. The Hall–Kier alpha value is -2.00. The minimum Gasteiger partial charge on any atom is -0.508 e. The molecular weight excluding hydrogens is 274 g/mol. The third kappa shape index (κ3) is 4.01. The molecule has 3 heteroatoms. The number of hydrogen-bond donors (Lipinski definition) is 2. The Bertz CT molecular complexity index is 598. The SMILES string of the molecule is Oc1ccc2c(c1)O[C@@H](CNCCCc1ccccc1)CC2. The lowest BCUT2D eigenvalue weighted by Crippen LogP contribution is -2.34. The van der Waals surface area contributed by atoms with E-state index in [1.165, 1.54) is 11.1 Å². The van der Waals surface area contributed by atoms with Gasteiger partial charge in [0.25, 0.3) is 0 Å². The third-order valence-corrected chi connectivity index (χ3v) is 4.11. The van der Waals surface area contributed by atoms with Crippen LogP contribution in [0.3, 0.4) is 0 Å². The second kappa shape index (κ2) is 7.32. The highest BCUT2D eigenvalue weighted by Crippen LogP contribution is 2.30.